The first-order chi connectivity index (χ1) is 17.6. The molecule has 0 saturated heterocycles. The lowest BCUT2D eigenvalue weighted by Gasteiger charge is -2.26. The van der Waals surface area contributed by atoms with Crippen LogP contribution in [0, 0.1) is 17.5 Å². The molecule has 1 atom stereocenters. The highest BCUT2D eigenvalue weighted by Crippen LogP contribution is 2.49. The van der Waals surface area contributed by atoms with Crippen LogP contribution in [0.2, 0.25) is 0 Å². The molecule has 0 spiro atoms. The molecule has 0 fully saturated rings. The number of carbonyl (C=O) groups is 2. The lowest BCUT2D eigenvalue weighted by atomic mass is 9.84. The first-order valence-electron chi connectivity index (χ1n) is 11.3. The van der Waals surface area contributed by atoms with Crippen molar-refractivity contribution in [3.63, 3.8) is 0 Å². The first kappa shape index (κ1) is 22.8. The third kappa shape index (κ3) is 3.40. The number of ketones is 1. The van der Waals surface area contributed by atoms with Gasteiger partial charge in [0.2, 0.25) is 5.78 Å². The van der Waals surface area contributed by atoms with E-state index in [1.165, 1.54) is 21.3 Å². The summed E-state index contributed by atoms with van der Waals surface area (Å²) in [6.07, 6.45) is 1.08. The predicted molar refractivity (Wildman–Crippen MR) is 126 cm³/mol. The summed E-state index contributed by atoms with van der Waals surface area (Å²) in [5, 5.41) is 0. The molecule has 2 aliphatic heterocycles. The molecule has 3 heterocycles. The van der Waals surface area contributed by atoms with Crippen molar-refractivity contribution in [3.8, 4) is 11.5 Å². The Hall–Kier alpha value is -4.60. The average Bonchev–Trinajstić information content (AvgIpc) is 3.30. The van der Waals surface area contributed by atoms with E-state index in [1.807, 2.05) is 0 Å². The van der Waals surface area contributed by atoms with Crippen LogP contribution in [-0.2, 0) is 18.9 Å². The fraction of sp³-hybridized carbons (Fsp3) is 0.148. The average molecular weight is 506 g/mol. The summed E-state index contributed by atoms with van der Waals surface area (Å²) < 4.78 is 55.1. The molecule has 0 aliphatic carbocycles. The molecule has 0 radical (unpaired) electrons. The quantitative estimate of drug-likeness (QED) is 0.175. The van der Waals surface area contributed by atoms with Gasteiger partial charge in [-0.25, -0.2) is 18.0 Å². The van der Waals surface area contributed by atoms with Gasteiger partial charge in [0.05, 0.1) is 23.0 Å². The summed E-state index contributed by atoms with van der Waals surface area (Å²) in [5.74, 6) is -5.82. The molecule has 0 saturated carbocycles. The Morgan fingerprint density at radius 2 is 1.59 bits per heavy atom. The summed E-state index contributed by atoms with van der Waals surface area (Å²) >= 11 is 0. The van der Waals surface area contributed by atoms with Gasteiger partial charge >= 0.3 is 11.7 Å². The van der Waals surface area contributed by atoms with Crippen LogP contribution < -0.4 is 15.2 Å². The highest BCUT2D eigenvalue weighted by Gasteiger charge is 2.38. The summed E-state index contributed by atoms with van der Waals surface area (Å²) in [5.41, 5.74) is 2.43. The van der Waals surface area contributed by atoms with E-state index in [4.69, 9.17) is 9.47 Å². The zero-order valence-electron chi connectivity index (χ0n) is 19.5. The summed E-state index contributed by atoms with van der Waals surface area (Å²) in [6, 6.07) is 9.84. The van der Waals surface area contributed by atoms with E-state index in [9.17, 15) is 27.6 Å². The number of nitrogens with zero attached hydrogens (tertiary/aromatic N) is 2. The van der Waals surface area contributed by atoms with Crippen molar-refractivity contribution in [2.75, 3.05) is 0 Å². The number of imidazole rings is 1. The molecule has 10 heteroatoms. The maximum absolute atomic E-state index is 13.7. The largest absolute Gasteiger partial charge is 0.452 e. The third-order valence-electron chi connectivity index (χ3n) is 6.78. The SMILES string of the molecule is Cn1c(=O)n(C)c2cc([C@H]3CC(=O)Oc4ccc5c(c43)O/C(=C\c3cc(F)c(F)c(F)c3)C5=O)ccc21. The van der Waals surface area contributed by atoms with Crippen LogP contribution in [0.25, 0.3) is 17.1 Å². The van der Waals surface area contributed by atoms with Crippen LogP contribution >= 0.6 is 0 Å². The molecule has 7 nitrogen and oxygen atoms in total. The van der Waals surface area contributed by atoms with Gasteiger partial charge in [-0.1, -0.05) is 6.07 Å². The maximum Gasteiger partial charge on any atom is 0.328 e. The molecule has 3 aromatic carbocycles. The van der Waals surface area contributed by atoms with E-state index in [0.29, 0.717) is 22.2 Å². The zero-order chi connectivity index (χ0) is 26.2. The van der Waals surface area contributed by atoms with E-state index >= 15 is 0 Å². The zero-order valence-corrected chi connectivity index (χ0v) is 19.5. The van der Waals surface area contributed by atoms with Gasteiger partial charge in [0.1, 0.15) is 11.5 Å². The van der Waals surface area contributed by atoms with Gasteiger partial charge in [-0.2, -0.15) is 0 Å². The maximum atomic E-state index is 13.7. The number of carbonyl (C=O) groups excluding carboxylic acids is 2. The number of esters is 1. The van der Waals surface area contributed by atoms with Crippen LogP contribution in [-0.4, -0.2) is 20.9 Å². The molecular formula is C27H17F3N2O5. The van der Waals surface area contributed by atoms with Crippen molar-refractivity contribution in [3.05, 3.63) is 98.4 Å². The topological polar surface area (TPSA) is 79.5 Å². The van der Waals surface area contributed by atoms with Crippen LogP contribution in [0.4, 0.5) is 13.2 Å². The number of fused-ring (bicyclic) bond motifs is 4. The Balaban J connectivity index is 1.48. The van der Waals surface area contributed by atoms with Crippen LogP contribution in [0.15, 0.2) is 53.0 Å². The number of aryl methyl sites for hydroxylation is 2. The molecule has 0 amide bonds. The summed E-state index contributed by atoms with van der Waals surface area (Å²) in [7, 11) is 3.31. The van der Waals surface area contributed by atoms with E-state index in [-0.39, 0.29) is 40.5 Å². The van der Waals surface area contributed by atoms with Gasteiger partial charge in [-0.05, 0) is 53.6 Å². The van der Waals surface area contributed by atoms with E-state index in [0.717, 1.165) is 18.2 Å². The lowest BCUT2D eigenvalue weighted by molar-refractivity contribution is -0.135. The summed E-state index contributed by atoms with van der Waals surface area (Å²) in [4.78, 5) is 37.9. The second-order valence-electron chi connectivity index (χ2n) is 8.97. The van der Waals surface area contributed by atoms with E-state index < -0.39 is 35.1 Å². The third-order valence-corrected chi connectivity index (χ3v) is 6.78. The highest BCUT2D eigenvalue weighted by atomic mass is 19.2. The number of halogens is 3. The highest BCUT2D eigenvalue weighted by molar-refractivity contribution is 6.15. The Bertz CT molecular complexity index is 1760. The number of aromatic nitrogens is 2. The second-order valence-corrected chi connectivity index (χ2v) is 8.97. The van der Waals surface area contributed by atoms with Crippen LogP contribution in [0.3, 0.4) is 0 Å². The van der Waals surface area contributed by atoms with Crippen molar-refractivity contribution >= 4 is 28.9 Å². The van der Waals surface area contributed by atoms with Gasteiger partial charge in [0.15, 0.2) is 23.2 Å². The molecule has 37 heavy (non-hydrogen) atoms. The number of benzene rings is 3. The molecule has 6 rings (SSSR count). The Kier molecular flexibility index (Phi) is 4.91. The number of allylic oxidation sites excluding steroid dienone is 1. The van der Waals surface area contributed by atoms with E-state index in [2.05, 4.69) is 0 Å². The molecule has 186 valence electrons. The standard InChI is InChI=1S/C27H17F3N2O5/c1-31-18-5-3-13(10-19(18)32(2)27(31)35)15-11-22(33)36-20-6-4-14-25(34)21(37-26(14)23(15)20)9-12-7-16(28)24(30)17(29)8-12/h3-10,15H,11H2,1-2H3/b21-9-/t15-/m1/s1. The van der Waals surface area contributed by atoms with Crippen molar-refractivity contribution in [2.45, 2.75) is 12.3 Å². The Morgan fingerprint density at radius 1 is 0.892 bits per heavy atom. The minimum absolute atomic E-state index is 0.0409. The number of ether oxygens (including phenoxy) is 2. The van der Waals surface area contributed by atoms with Crippen LogP contribution in [0.5, 0.6) is 11.5 Å². The fourth-order valence-corrected chi connectivity index (χ4v) is 4.94. The van der Waals surface area contributed by atoms with Gasteiger partial charge in [0.25, 0.3) is 0 Å². The lowest BCUT2D eigenvalue weighted by Crippen LogP contribution is -2.21. The monoisotopic (exact) mass is 506 g/mol. The normalized spacial score (nSPS) is 17.6. The van der Waals surface area contributed by atoms with Gasteiger partial charge in [-0.3, -0.25) is 18.7 Å². The van der Waals surface area contributed by atoms with E-state index in [1.54, 1.807) is 32.3 Å². The number of Topliss-reactive ketones (excluding diaryl/α,β-unsaturated/α-hetero) is 1. The number of rotatable bonds is 2. The van der Waals surface area contributed by atoms with Crippen molar-refractivity contribution in [1.82, 2.24) is 9.13 Å². The van der Waals surface area contributed by atoms with Crippen molar-refractivity contribution in [1.29, 1.82) is 0 Å². The first-order valence-corrected chi connectivity index (χ1v) is 11.3. The fourth-order valence-electron chi connectivity index (χ4n) is 4.94. The smallest absolute Gasteiger partial charge is 0.328 e. The van der Waals surface area contributed by atoms with Crippen molar-refractivity contribution < 1.29 is 32.2 Å². The number of hydrogen-bond acceptors (Lipinski definition) is 5. The number of hydrogen-bond donors (Lipinski definition) is 0. The Morgan fingerprint density at radius 3 is 2.32 bits per heavy atom. The molecule has 0 unspecified atom stereocenters. The molecule has 0 N–H and O–H groups in total. The van der Waals surface area contributed by atoms with Crippen LogP contribution in [0.1, 0.15) is 39.4 Å². The minimum Gasteiger partial charge on any atom is -0.452 e. The molecule has 0 bridgehead atoms. The van der Waals surface area contributed by atoms with Gasteiger partial charge in [0, 0.05) is 25.6 Å². The minimum atomic E-state index is -1.62. The molecule has 2 aliphatic rings. The second kappa shape index (κ2) is 7.95. The predicted octanol–water partition coefficient (Wildman–Crippen LogP) is 4.35. The molecule has 1 aromatic heterocycles. The molecule has 4 aromatic rings. The van der Waals surface area contributed by atoms with Gasteiger partial charge in [-0.15, -0.1) is 0 Å². The Labute approximate surface area is 207 Å². The van der Waals surface area contributed by atoms with Crippen molar-refractivity contribution in [2.24, 2.45) is 14.1 Å². The van der Waals surface area contributed by atoms with Gasteiger partial charge < -0.3 is 9.47 Å². The molecular weight excluding hydrogens is 489 g/mol. The summed E-state index contributed by atoms with van der Waals surface area (Å²) in [6.45, 7) is 0.